The summed E-state index contributed by atoms with van der Waals surface area (Å²) in [5.74, 6) is -2.48. The molecule has 5 amide bonds. The van der Waals surface area contributed by atoms with Gasteiger partial charge < -0.3 is 30.7 Å². The molecule has 2 fully saturated rings. The van der Waals surface area contributed by atoms with Gasteiger partial charge in [0.05, 0.1) is 12.1 Å². The Bertz CT molecular complexity index is 1390. The first kappa shape index (κ1) is 38.2. The van der Waals surface area contributed by atoms with E-state index in [9.17, 15) is 28.8 Å². The van der Waals surface area contributed by atoms with Gasteiger partial charge >= 0.3 is 6.03 Å². The van der Waals surface area contributed by atoms with E-state index in [4.69, 9.17) is 0 Å². The van der Waals surface area contributed by atoms with Gasteiger partial charge in [-0.15, -0.1) is 13.2 Å². The molecule has 4 N–H and O–H groups in total. The minimum absolute atomic E-state index is 0.0227. The first-order valence-corrected chi connectivity index (χ1v) is 17.1. The zero-order chi connectivity index (χ0) is 35.6. The average molecular weight is 667 g/mol. The second-order valence-electron chi connectivity index (χ2n) is 14.4. The zero-order valence-electron chi connectivity index (χ0n) is 29.1. The van der Waals surface area contributed by atoms with Gasteiger partial charge in [0.1, 0.15) is 12.1 Å². The lowest BCUT2D eigenvalue weighted by atomic mass is 9.81. The third kappa shape index (κ3) is 10.1. The van der Waals surface area contributed by atoms with E-state index < -0.39 is 65.0 Å². The highest BCUT2D eigenvalue weighted by Gasteiger charge is 2.46. The van der Waals surface area contributed by atoms with E-state index in [1.165, 1.54) is 21.6 Å². The largest absolute Gasteiger partial charge is 0.346 e. The molecule has 0 radical (unpaired) electrons. The summed E-state index contributed by atoms with van der Waals surface area (Å²) >= 11 is 0. The molecule has 1 saturated carbocycles. The summed E-state index contributed by atoms with van der Waals surface area (Å²) in [5, 5.41) is 11.1. The van der Waals surface area contributed by atoms with Crippen LogP contribution in [0.15, 0.2) is 54.5 Å². The number of carbonyl (C=O) groups is 5. The number of aromatic nitrogens is 1. The van der Waals surface area contributed by atoms with Crippen molar-refractivity contribution in [3.63, 3.8) is 0 Å². The normalized spacial score (nSPS) is 19.8. The van der Waals surface area contributed by atoms with Gasteiger partial charge in [0.25, 0.3) is 11.5 Å². The highest BCUT2D eigenvalue weighted by molar-refractivity contribution is 6.38. The lowest BCUT2D eigenvalue weighted by Gasteiger charge is -2.37. The van der Waals surface area contributed by atoms with Gasteiger partial charge in [-0.1, -0.05) is 72.1 Å². The Morgan fingerprint density at radius 2 is 1.73 bits per heavy atom. The Morgan fingerprint density at radius 3 is 2.29 bits per heavy atom. The van der Waals surface area contributed by atoms with Gasteiger partial charge in [-0.05, 0) is 42.6 Å². The van der Waals surface area contributed by atoms with Crippen molar-refractivity contribution in [3.8, 4) is 0 Å². The number of carbonyl (C=O) groups excluding carboxylic acids is 5. The molecule has 1 aliphatic carbocycles. The van der Waals surface area contributed by atoms with Crippen molar-refractivity contribution in [2.45, 2.75) is 104 Å². The molecule has 3 rings (SSSR count). The molecule has 1 saturated heterocycles. The van der Waals surface area contributed by atoms with Crippen molar-refractivity contribution in [3.05, 3.63) is 60.1 Å². The topological polar surface area (TPSA) is 159 Å². The number of likely N-dealkylation sites (tertiary alicyclic amines) is 1. The summed E-state index contributed by atoms with van der Waals surface area (Å²) in [6.45, 7) is 17.4. The number of hydrogen-bond acceptors (Lipinski definition) is 6. The maximum Gasteiger partial charge on any atom is 0.315 e. The van der Waals surface area contributed by atoms with Gasteiger partial charge in [0.15, 0.2) is 0 Å². The Kier molecular flexibility index (Phi) is 13.7. The molecule has 264 valence electrons. The molecule has 12 nitrogen and oxygen atoms in total. The number of pyridine rings is 1. The van der Waals surface area contributed by atoms with Crippen molar-refractivity contribution in [2.75, 3.05) is 13.1 Å². The number of rotatable bonds is 16. The quantitative estimate of drug-likeness (QED) is 0.157. The van der Waals surface area contributed by atoms with Crippen molar-refractivity contribution < 1.29 is 24.0 Å². The smallest absolute Gasteiger partial charge is 0.315 e. The molecule has 2 aliphatic rings. The van der Waals surface area contributed by atoms with Crippen LogP contribution in [-0.2, 0) is 25.7 Å². The van der Waals surface area contributed by atoms with E-state index in [0.717, 1.165) is 19.3 Å². The van der Waals surface area contributed by atoms with E-state index in [0.29, 0.717) is 25.2 Å². The minimum atomic E-state index is -1.04. The van der Waals surface area contributed by atoms with Crippen LogP contribution in [0.1, 0.15) is 73.1 Å². The summed E-state index contributed by atoms with van der Waals surface area (Å²) in [5.41, 5.74) is -0.928. The Morgan fingerprint density at radius 1 is 1.02 bits per heavy atom. The van der Waals surface area contributed by atoms with Gasteiger partial charge in [0, 0.05) is 37.8 Å². The van der Waals surface area contributed by atoms with Gasteiger partial charge in [-0.3, -0.25) is 24.0 Å². The number of ketones is 1. The Hall–Kier alpha value is -4.22. The lowest BCUT2D eigenvalue weighted by Crippen LogP contribution is -2.61. The second-order valence-corrected chi connectivity index (χ2v) is 14.4. The van der Waals surface area contributed by atoms with Crippen molar-refractivity contribution in [2.24, 2.45) is 23.2 Å². The molecule has 0 bridgehead atoms. The van der Waals surface area contributed by atoms with Crippen LogP contribution in [0.25, 0.3) is 0 Å². The molecular weight excluding hydrogens is 612 g/mol. The van der Waals surface area contributed by atoms with Crippen molar-refractivity contribution in [1.82, 2.24) is 30.7 Å². The zero-order valence-corrected chi connectivity index (χ0v) is 29.1. The third-order valence-corrected chi connectivity index (χ3v) is 9.45. The number of hydrogen-bond donors (Lipinski definition) is 4. The number of nitrogens with one attached hydrogen (secondary N) is 4. The van der Waals surface area contributed by atoms with Crippen LogP contribution in [-0.4, -0.2) is 76.3 Å². The summed E-state index contributed by atoms with van der Waals surface area (Å²) in [6.07, 6.45) is 9.48. The van der Waals surface area contributed by atoms with E-state index in [1.807, 2.05) is 34.6 Å². The van der Waals surface area contributed by atoms with Crippen LogP contribution in [0.3, 0.4) is 0 Å². The number of amides is 5. The van der Waals surface area contributed by atoms with Gasteiger partial charge in [0.2, 0.25) is 17.6 Å². The SMILES string of the molecule is C=CCNC(=O)C(=O)C(CCC1CCC1)NC(=O)[C@@H]1C(C=C)CCN1C(=O)[C@@H](NC(=O)N[C@H](Cn1ccccc1=O)C(C)C)C(C)(C)C. The fourth-order valence-electron chi connectivity index (χ4n) is 6.17. The van der Waals surface area contributed by atoms with Crippen molar-refractivity contribution in [1.29, 1.82) is 0 Å². The summed E-state index contributed by atoms with van der Waals surface area (Å²) in [7, 11) is 0. The fraction of sp³-hybridized carbons (Fsp3) is 0.611. The van der Waals surface area contributed by atoms with Crippen LogP contribution >= 0.6 is 0 Å². The second kappa shape index (κ2) is 17.3. The summed E-state index contributed by atoms with van der Waals surface area (Å²) < 4.78 is 1.52. The molecule has 12 heteroatoms. The third-order valence-electron chi connectivity index (χ3n) is 9.45. The highest BCUT2D eigenvalue weighted by atomic mass is 16.2. The first-order chi connectivity index (χ1) is 22.7. The summed E-state index contributed by atoms with van der Waals surface area (Å²) in [6, 6.07) is 0.843. The average Bonchev–Trinajstić information content (AvgIpc) is 3.45. The highest BCUT2D eigenvalue weighted by Crippen LogP contribution is 2.32. The van der Waals surface area contributed by atoms with Gasteiger partial charge in [-0.2, -0.15) is 0 Å². The number of Topliss-reactive ketones (excluding diaryl/α,β-unsaturated/α-hetero) is 1. The number of urea groups is 1. The molecule has 1 aliphatic heterocycles. The predicted octanol–water partition coefficient (Wildman–Crippen LogP) is 2.93. The molecule has 5 atom stereocenters. The molecule has 1 aromatic heterocycles. The molecular formula is C36H54N6O6. The van der Waals surface area contributed by atoms with E-state index in [-0.39, 0.29) is 31.1 Å². The molecule has 0 aromatic carbocycles. The molecule has 2 unspecified atom stereocenters. The van der Waals surface area contributed by atoms with Crippen molar-refractivity contribution >= 4 is 29.5 Å². The van der Waals surface area contributed by atoms with E-state index in [1.54, 1.807) is 24.4 Å². The van der Waals surface area contributed by atoms with Crippen LogP contribution in [0.2, 0.25) is 0 Å². The lowest BCUT2D eigenvalue weighted by molar-refractivity contribution is -0.144. The van der Waals surface area contributed by atoms with Crippen LogP contribution < -0.4 is 26.8 Å². The fourth-order valence-corrected chi connectivity index (χ4v) is 6.17. The van der Waals surface area contributed by atoms with E-state index in [2.05, 4.69) is 34.4 Å². The molecule has 48 heavy (non-hydrogen) atoms. The van der Waals surface area contributed by atoms with Crippen LogP contribution in [0.4, 0.5) is 4.79 Å². The molecule has 2 heterocycles. The molecule has 1 aromatic rings. The van der Waals surface area contributed by atoms with Gasteiger partial charge in [-0.25, -0.2) is 4.79 Å². The minimum Gasteiger partial charge on any atom is -0.346 e. The Labute approximate surface area is 284 Å². The van der Waals surface area contributed by atoms with Crippen LogP contribution in [0, 0.1) is 23.2 Å². The molecule has 0 spiro atoms. The first-order valence-electron chi connectivity index (χ1n) is 17.1. The maximum absolute atomic E-state index is 14.3. The van der Waals surface area contributed by atoms with E-state index >= 15 is 0 Å². The Balaban J connectivity index is 1.79. The summed E-state index contributed by atoms with van der Waals surface area (Å²) in [4.78, 5) is 81.1. The van der Waals surface area contributed by atoms with Crippen LogP contribution in [0.5, 0.6) is 0 Å². The predicted molar refractivity (Wildman–Crippen MR) is 185 cm³/mol. The monoisotopic (exact) mass is 666 g/mol. The maximum atomic E-state index is 14.3. The number of nitrogens with zero attached hydrogens (tertiary/aromatic N) is 2. The standard InChI is InChI=1S/C36H54N6O6/c1-8-19-37-33(46)30(44)26(17-16-24-13-12-14-24)38-32(45)29-25(9-2)18-21-42(29)34(47)31(36(5,6)7)40-35(48)39-27(23(3)4)22-41-20-11-10-15-28(41)43/h8-11,15,20,23-27,29,31H,1-2,12-14,16-19,21-22H2,3-7H3,(H,37,46)(H,38,45)(H2,39,40,48)/t25?,26?,27-,29+,31-/m1/s1.